The van der Waals surface area contributed by atoms with Crippen LogP contribution in [0.3, 0.4) is 0 Å². The number of hydrogen-bond donors (Lipinski definition) is 0. The van der Waals surface area contributed by atoms with Gasteiger partial charge in [-0.05, 0) is 52.8 Å². The van der Waals surface area contributed by atoms with Crippen LogP contribution in [0.2, 0.25) is 0 Å². The first-order chi connectivity index (χ1) is 27.8. The minimum atomic E-state index is 0. The molecule has 0 aliphatic heterocycles. The van der Waals surface area contributed by atoms with Crippen LogP contribution < -0.4 is 0 Å². The maximum absolute atomic E-state index is 3.50. The zero-order valence-electron chi connectivity index (χ0n) is 31.4. The summed E-state index contributed by atoms with van der Waals surface area (Å²) in [6, 6.07) is 82.8. The molecule has 2 heterocycles. The molecule has 0 aliphatic carbocycles. The first-order valence-corrected chi connectivity index (χ1v) is 18.9. The number of aromatic nitrogens is 2. The molecule has 0 saturated carbocycles. The van der Waals surface area contributed by atoms with E-state index < -0.39 is 0 Å². The molecule has 9 aromatic carbocycles. The molecule has 4 heteroatoms. The van der Waals surface area contributed by atoms with Crippen molar-refractivity contribution in [2.24, 2.45) is 0 Å². The van der Waals surface area contributed by atoms with Crippen molar-refractivity contribution >= 4 is 43.6 Å². The molecule has 11 rings (SSSR count). The minimum absolute atomic E-state index is 0. The summed E-state index contributed by atoms with van der Waals surface area (Å²) in [6.45, 7) is 0. The van der Waals surface area contributed by atoms with E-state index in [0.717, 1.165) is 55.9 Å². The quantitative estimate of drug-likeness (QED) is 0.147. The van der Waals surface area contributed by atoms with Gasteiger partial charge >= 0.3 is 62.2 Å². The van der Waals surface area contributed by atoms with E-state index in [4.69, 9.17) is 0 Å². The maximum atomic E-state index is 3.50. The number of fused-ring (bicyclic) bond motifs is 6. The standard InChI is InChI=1S/C54H32N2.2U/c1-5-28-51-47(24-1)48-25-2-6-29-52(48)55(51)45-22-12-20-43(35-45)41-18-10-16-39(33-41)37-14-9-15-38(32-37)40-17-11-19-42(34-40)44-21-13-23-46(36-44)56-53-30-7-3-26-49(53)50-27-4-8-31-54(50)56;;/h1-17,22-36H;;/q-4;2*+2. The molecule has 0 unspecified atom stereocenters. The largest absolute Gasteiger partial charge is 2.00 e. The van der Waals surface area contributed by atoms with Crippen LogP contribution in [0.25, 0.3) is 99.5 Å². The molecule has 58 heavy (non-hydrogen) atoms. The van der Waals surface area contributed by atoms with E-state index in [1.165, 1.54) is 43.6 Å². The van der Waals surface area contributed by atoms with Crippen molar-refractivity contribution in [2.45, 2.75) is 0 Å². The molecular weight excluding hydrogens is 1150 g/mol. The summed E-state index contributed by atoms with van der Waals surface area (Å²) >= 11 is 0. The van der Waals surface area contributed by atoms with Crippen LogP contribution in [0.15, 0.2) is 194 Å². The Morgan fingerprint density at radius 3 is 0.966 bits per heavy atom. The second-order valence-corrected chi connectivity index (χ2v) is 14.2. The van der Waals surface area contributed by atoms with Gasteiger partial charge in [0, 0.05) is 21.5 Å². The summed E-state index contributed by atoms with van der Waals surface area (Å²) in [4.78, 5) is 0. The molecule has 0 bridgehead atoms. The third-order valence-corrected chi connectivity index (χ3v) is 11.0. The fraction of sp³-hybridized carbons (Fsp3) is 0. The Morgan fingerprint density at radius 2 is 0.586 bits per heavy atom. The number of para-hydroxylation sites is 4. The average Bonchev–Trinajstić information content (AvgIpc) is 3.80. The zero-order chi connectivity index (χ0) is 37.0. The summed E-state index contributed by atoms with van der Waals surface area (Å²) in [5.74, 6) is 0. The molecule has 0 fully saturated rings. The first-order valence-electron chi connectivity index (χ1n) is 18.9. The van der Waals surface area contributed by atoms with Crippen LogP contribution >= 0.6 is 0 Å². The third kappa shape index (κ3) is 6.70. The van der Waals surface area contributed by atoms with Crippen molar-refractivity contribution in [1.82, 2.24) is 9.13 Å². The maximum Gasteiger partial charge on any atom is 2.00 e. The van der Waals surface area contributed by atoms with E-state index in [2.05, 4.69) is 203 Å². The molecule has 0 radical (unpaired) electrons. The normalized spacial score (nSPS) is 11.2. The van der Waals surface area contributed by atoms with E-state index >= 15 is 0 Å². The Balaban J connectivity index is 0.00000218. The van der Waals surface area contributed by atoms with Gasteiger partial charge in [0.25, 0.3) is 0 Å². The molecule has 0 atom stereocenters. The number of rotatable bonds is 6. The summed E-state index contributed by atoms with van der Waals surface area (Å²) < 4.78 is 4.69. The number of hydrogen-bond acceptors (Lipinski definition) is 0. The second kappa shape index (κ2) is 16.1. The molecular formula is C54H32N2U2. The molecule has 0 aliphatic rings. The smallest absolute Gasteiger partial charge is 0.328 e. The van der Waals surface area contributed by atoms with Crippen molar-refractivity contribution < 1.29 is 62.2 Å². The van der Waals surface area contributed by atoms with Crippen LogP contribution in [-0.2, 0) is 0 Å². The SMILES string of the molecule is [U+2].[U+2].[c-]1ccc(-c2cccc(-c3cc[c-]c(-c4[c-]ccc(-n5c6ccccc6c6ccccc65)c4)c3)c2)cc1-c1[c-]ccc(-n2c3ccccc3c3ccccc32)c1. The van der Waals surface area contributed by atoms with Gasteiger partial charge in [-0.3, -0.25) is 0 Å². The first kappa shape index (κ1) is 38.2. The van der Waals surface area contributed by atoms with E-state index in [1.807, 2.05) is 24.3 Å². The average molecular weight is 1180 g/mol. The van der Waals surface area contributed by atoms with E-state index in [1.54, 1.807) is 0 Å². The topological polar surface area (TPSA) is 9.86 Å². The van der Waals surface area contributed by atoms with Crippen LogP contribution in [0.5, 0.6) is 0 Å². The Morgan fingerprint density at radius 1 is 0.276 bits per heavy atom. The van der Waals surface area contributed by atoms with Crippen LogP contribution in [0.4, 0.5) is 0 Å². The van der Waals surface area contributed by atoms with Gasteiger partial charge in [-0.15, -0.1) is 35.4 Å². The molecule has 2 nitrogen and oxygen atoms in total. The summed E-state index contributed by atoms with van der Waals surface area (Å²) in [7, 11) is 0. The predicted molar refractivity (Wildman–Crippen MR) is 232 cm³/mol. The summed E-state index contributed by atoms with van der Waals surface area (Å²) in [5, 5.41) is 5.00. The summed E-state index contributed by atoms with van der Waals surface area (Å²) in [5.41, 5.74) is 15.5. The molecule has 0 N–H and O–H groups in total. The Hall–Kier alpha value is -5.32. The fourth-order valence-electron chi connectivity index (χ4n) is 8.38. The van der Waals surface area contributed by atoms with Crippen molar-refractivity contribution in [2.75, 3.05) is 0 Å². The van der Waals surface area contributed by atoms with Gasteiger partial charge in [-0.25, -0.2) is 22.3 Å². The van der Waals surface area contributed by atoms with Gasteiger partial charge in [0.05, 0.1) is 22.1 Å². The van der Waals surface area contributed by atoms with Gasteiger partial charge in [0.15, 0.2) is 0 Å². The zero-order valence-corrected chi connectivity index (χ0v) is 39.7. The van der Waals surface area contributed by atoms with Crippen molar-refractivity contribution in [3.63, 3.8) is 0 Å². The Bertz CT molecular complexity index is 2960. The molecule has 2 aromatic heterocycles. The molecule has 266 valence electrons. The molecule has 11 aromatic rings. The molecule has 0 amide bonds. The van der Waals surface area contributed by atoms with Crippen LogP contribution in [-0.4, -0.2) is 9.13 Å². The molecule has 0 saturated heterocycles. The Kier molecular flexibility index (Phi) is 10.6. The van der Waals surface area contributed by atoms with Gasteiger partial charge in [0.1, 0.15) is 0 Å². The second-order valence-electron chi connectivity index (χ2n) is 14.2. The van der Waals surface area contributed by atoms with Gasteiger partial charge < -0.3 is 9.13 Å². The third-order valence-electron chi connectivity index (χ3n) is 11.0. The van der Waals surface area contributed by atoms with Crippen LogP contribution in [0.1, 0.15) is 0 Å². The number of benzene rings is 9. The van der Waals surface area contributed by atoms with Crippen molar-refractivity contribution in [1.29, 1.82) is 0 Å². The Labute approximate surface area is 385 Å². The van der Waals surface area contributed by atoms with Crippen molar-refractivity contribution in [3.8, 4) is 55.9 Å². The van der Waals surface area contributed by atoms with E-state index in [0.29, 0.717) is 0 Å². The van der Waals surface area contributed by atoms with E-state index in [9.17, 15) is 0 Å². The van der Waals surface area contributed by atoms with E-state index in [-0.39, 0.29) is 62.2 Å². The number of nitrogens with zero attached hydrogens (tertiary/aromatic N) is 2. The van der Waals surface area contributed by atoms with Gasteiger partial charge in [-0.1, -0.05) is 91.0 Å². The minimum Gasteiger partial charge on any atom is -0.328 e. The monoisotopic (exact) mass is 1180 g/mol. The summed E-state index contributed by atoms with van der Waals surface area (Å²) in [6.07, 6.45) is 0. The predicted octanol–water partition coefficient (Wildman–Crippen LogP) is 13.7. The van der Waals surface area contributed by atoms with Crippen molar-refractivity contribution in [3.05, 3.63) is 218 Å². The van der Waals surface area contributed by atoms with Gasteiger partial charge in [-0.2, -0.15) is 72.8 Å². The fourth-order valence-corrected chi connectivity index (χ4v) is 8.38. The van der Waals surface area contributed by atoms with Gasteiger partial charge in [0.2, 0.25) is 0 Å². The molecule has 0 spiro atoms. The van der Waals surface area contributed by atoms with Crippen LogP contribution in [0, 0.1) is 86.5 Å².